The second-order valence-electron chi connectivity index (χ2n) is 40.6. The Hall–Kier alpha value is -12.1. The standard InChI is InChI=1S/C66H86N4O5.C64H82N4O5/c1-7-11-15-19-23-27-51-45-67-63(68-46-51)57-37-29-53(30-38-57)61(55-33-41-59(42-34-55)65(71)73-49(5)25-21-17-13-9-3)75-62(56-35-43-60(44-36-56)66(72)74-50(6)26-22-18-14-10-4)54-31-39-58(40-32-54)64-69-47-52(48-70-64)28-24-20-16-12-8-2;1-7-11-15-19-23-47(5)71-63(69)57-39-31-53(32-40-57)59(51-27-35-55(36-28-51)61-65-43-49(44-66-61)25-21-17-13-9-3)73-60(54-33-41-58(42-34-54)64(70)72-48(6)24-20-16-12-8-2)52-29-37-56(38-30-52)62-67-45-50(46-68-62)26-22-18-14-10-4/h29-50,61-62H,7-28H2,1-6H3;27-48,59-60H,7-26H2,1-6H3. The molecule has 0 radical (unpaired) electrons. The summed E-state index contributed by atoms with van der Waals surface area (Å²) < 4.78 is 38.4. The average molecular weight is 2000 g/mol. The topological polar surface area (TPSA) is 227 Å². The van der Waals surface area contributed by atoms with Gasteiger partial charge in [0.2, 0.25) is 0 Å². The minimum Gasteiger partial charge on any atom is -0.459 e. The molecule has 0 fully saturated rings. The van der Waals surface area contributed by atoms with Gasteiger partial charge in [0, 0.05) is 71.8 Å². The maximum absolute atomic E-state index is 13.4. The SMILES string of the molecule is CCCCCCCc1cnc(-c2ccc(C(OC(c3ccc(C(=O)OC(C)CCCCCC)cc3)c3ccc(-c4ncc(CCCCCCC)cn4)cc3)c3ccc(C(=O)OC(C)CCCCCC)cc3)cc2)nc1.CCCCCCc1cnc(-c2ccc(C(OC(c3ccc(C(=O)OC(C)CCCCCC)cc3)c3ccc(-c4ncc(CCCCCC)cn4)cc3)c3ccc(C(=O)OC(C)CCCCCC)cc3)cc2)nc1. The molecule has 0 aliphatic carbocycles. The van der Waals surface area contributed by atoms with Crippen LogP contribution in [0.15, 0.2) is 244 Å². The minimum atomic E-state index is -0.585. The molecule has 0 spiro atoms. The van der Waals surface area contributed by atoms with Gasteiger partial charge in [-0.1, -0.05) is 368 Å². The lowest BCUT2D eigenvalue weighted by Crippen LogP contribution is -2.16. The highest BCUT2D eigenvalue weighted by Crippen LogP contribution is 2.42. The van der Waals surface area contributed by atoms with Gasteiger partial charge in [-0.05, 0) is 246 Å². The van der Waals surface area contributed by atoms with E-state index in [0.717, 1.165) is 243 Å². The van der Waals surface area contributed by atoms with Gasteiger partial charge in [0.1, 0.15) is 24.4 Å². The van der Waals surface area contributed by atoms with Gasteiger partial charge < -0.3 is 28.4 Å². The van der Waals surface area contributed by atoms with Gasteiger partial charge in [-0.25, -0.2) is 59.0 Å². The molecule has 4 aromatic heterocycles. The third-order valence-corrected chi connectivity index (χ3v) is 27.9. The summed E-state index contributed by atoms with van der Waals surface area (Å²) in [7, 11) is 0. The number of aromatic nitrogens is 8. The van der Waals surface area contributed by atoms with Crippen LogP contribution in [-0.4, -0.2) is 88.2 Å². The smallest absolute Gasteiger partial charge is 0.338 e. The second-order valence-corrected chi connectivity index (χ2v) is 40.6. The monoisotopic (exact) mass is 2000 g/mol. The molecule has 12 aromatic rings. The highest BCUT2D eigenvalue weighted by molar-refractivity contribution is 5.91. The van der Waals surface area contributed by atoms with Crippen LogP contribution in [0.5, 0.6) is 0 Å². The fraction of sp³-hybridized carbons (Fsp3) is 0.477. The Morgan fingerprint density at radius 2 is 0.345 bits per heavy atom. The van der Waals surface area contributed by atoms with E-state index in [2.05, 4.69) is 104 Å². The van der Waals surface area contributed by atoms with Crippen molar-refractivity contribution in [1.82, 2.24) is 39.9 Å². The largest absolute Gasteiger partial charge is 0.459 e. The molecule has 8 aromatic carbocycles. The number of carbonyl (C=O) groups excluding carboxylic acids is 4. The molecular weight excluding hydrogens is 1830 g/mol. The zero-order valence-corrected chi connectivity index (χ0v) is 91.1. The Kier molecular flexibility index (Phi) is 51.5. The Balaban J connectivity index is 0.000000281. The van der Waals surface area contributed by atoms with Crippen molar-refractivity contribution < 1.29 is 47.6 Å². The van der Waals surface area contributed by atoms with E-state index in [-0.39, 0.29) is 48.3 Å². The maximum Gasteiger partial charge on any atom is 0.338 e. The zero-order valence-electron chi connectivity index (χ0n) is 91.1. The third kappa shape index (κ3) is 39.1. The van der Waals surface area contributed by atoms with Gasteiger partial charge in [-0.2, -0.15) is 0 Å². The molecule has 4 heterocycles. The predicted molar refractivity (Wildman–Crippen MR) is 600 cm³/mol. The molecule has 0 saturated heterocycles. The number of nitrogens with zero attached hydrogens (tertiary/aromatic N) is 8. The summed E-state index contributed by atoms with van der Waals surface area (Å²) in [5.74, 6) is 1.32. The number of esters is 4. The fourth-order valence-electron chi connectivity index (χ4n) is 18.7. The third-order valence-electron chi connectivity index (χ3n) is 27.9. The van der Waals surface area contributed by atoms with Crippen LogP contribution < -0.4 is 0 Å². The number of ether oxygens (including phenoxy) is 6. The summed E-state index contributed by atoms with van der Waals surface area (Å²) in [6.45, 7) is 25.6. The number of carbonyl (C=O) groups is 4. The lowest BCUT2D eigenvalue weighted by molar-refractivity contribution is 0.0294. The van der Waals surface area contributed by atoms with E-state index in [1.54, 1.807) is 0 Å². The van der Waals surface area contributed by atoms with Crippen molar-refractivity contribution in [3.8, 4) is 45.6 Å². The quantitative estimate of drug-likeness (QED) is 0.0196. The molecule has 0 saturated carbocycles. The van der Waals surface area contributed by atoms with Crippen LogP contribution in [0.4, 0.5) is 0 Å². The van der Waals surface area contributed by atoms with Gasteiger partial charge in [-0.15, -0.1) is 0 Å². The van der Waals surface area contributed by atoms with Crippen LogP contribution in [0.2, 0.25) is 0 Å². The Morgan fingerprint density at radius 3 is 0.514 bits per heavy atom. The molecular formula is C130H168N8O10. The second kappa shape index (κ2) is 65.7. The number of benzene rings is 8. The summed E-state index contributed by atoms with van der Waals surface area (Å²) in [5, 5.41) is 0. The van der Waals surface area contributed by atoms with E-state index in [1.165, 1.54) is 116 Å². The number of unbranched alkanes of at least 4 members (excludes halogenated alkanes) is 26. The Bertz CT molecular complexity index is 5380. The molecule has 788 valence electrons. The molecule has 148 heavy (non-hydrogen) atoms. The zero-order chi connectivity index (χ0) is 105. The van der Waals surface area contributed by atoms with Crippen LogP contribution in [0, 0.1) is 0 Å². The van der Waals surface area contributed by atoms with E-state index in [9.17, 15) is 19.2 Å². The van der Waals surface area contributed by atoms with Crippen molar-refractivity contribution in [2.24, 2.45) is 0 Å². The van der Waals surface area contributed by atoms with Gasteiger partial charge in [0.05, 0.1) is 46.7 Å². The molecule has 18 nitrogen and oxygen atoms in total. The van der Waals surface area contributed by atoms with Crippen molar-refractivity contribution in [2.75, 3.05) is 0 Å². The number of hydrogen-bond donors (Lipinski definition) is 0. The summed E-state index contributed by atoms with van der Waals surface area (Å²) in [4.78, 5) is 91.9. The molecule has 8 unspecified atom stereocenters. The van der Waals surface area contributed by atoms with E-state index in [0.29, 0.717) is 45.6 Å². The van der Waals surface area contributed by atoms with E-state index in [4.69, 9.17) is 68.3 Å². The van der Waals surface area contributed by atoms with Crippen LogP contribution in [-0.2, 0) is 54.1 Å². The highest BCUT2D eigenvalue weighted by atomic mass is 16.6. The lowest BCUT2D eigenvalue weighted by atomic mass is 9.95. The number of hydrogen-bond acceptors (Lipinski definition) is 18. The Morgan fingerprint density at radius 1 is 0.196 bits per heavy atom. The van der Waals surface area contributed by atoms with Crippen LogP contribution in [0.25, 0.3) is 45.6 Å². The predicted octanol–water partition coefficient (Wildman–Crippen LogP) is 34.3. The first-order chi connectivity index (χ1) is 72.4. The molecule has 0 bridgehead atoms. The first kappa shape index (κ1) is 116. The summed E-state index contributed by atoms with van der Waals surface area (Å²) in [5.41, 5.74) is 17.2. The first-order valence-corrected chi connectivity index (χ1v) is 56.6. The highest BCUT2D eigenvalue weighted by Gasteiger charge is 2.30. The average Bonchev–Trinajstić information content (AvgIpc) is 0.795. The normalized spacial score (nSPS) is 13.0. The molecule has 12 rings (SSSR count). The molecule has 18 heteroatoms. The van der Waals surface area contributed by atoms with Crippen molar-refractivity contribution in [1.29, 1.82) is 0 Å². The van der Waals surface area contributed by atoms with Crippen molar-refractivity contribution >= 4 is 23.9 Å². The first-order valence-electron chi connectivity index (χ1n) is 56.6. The molecule has 0 aliphatic heterocycles. The number of rotatable bonds is 66. The van der Waals surface area contributed by atoms with Crippen LogP contribution in [0.1, 0.15) is 460 Å². The molecule has 0 amide bonds. The fourth-order valence-corrected chi connectivity index (χ4v) is 18.7. The van der Waals surface area contributed by atoms with Crippen LogP contribution in [0.3, 0.4) is 0 Å². The number of aryl methyl sites for hydroxylation is 4. The molecule has 0 N–H and O–H groups in total. The van der Waals surface area contributed by atoms with Crippen molar-refractivity contribution in [3.05, 3.63) is 333 Å². The minimum absolute atomic E-state index is 0.171. The van der Waals surface area contributed by atoms with Gasteiger partial charge in [-0.3, -0.25) is 0 Å². The molecule has 0 aliphatic rings. The van der Waals surface area contributed by atoms with E-state index in [1.807, 2.05) is 223 Å². The van der Waals surface area contributed by atoms with Gasteiger partial charge in [0.15, 0.2) is 23.3 Å². The van der Waals surface area contributed by atoms with Gasteiger partial charge in [0.25, 0.3) is 0 Å². The van der Waals surface area contributed by atoms with Crippen molar-refractivity contribution in [3.63, 3.8) is 0 Å². The summed E-state index contributed by atoms with van der Waals surface area (Å²) in [6.07, 6.45) is 59.7. The van der Waals surface area contributed by atoms with Gasteiger partial charge >= 0.3 is 23.9 Å². The van der Waals surface area contributed by atoms with E-state index < -0.39 is 24.4 Å². The van der Waals surface area contributed by atoms with Crippen molar-refractivity contribution in [2.45, 2.75) is 402 Å². The molecule has 8 atom stereocenters. The van der Waals surface area contributed by atoms with Crippen LogP contribution >= 0.6 is 0 Å². The lowest BCUT2D eigenvalue weighted by Gasteiger charge is -2.27. The maximum atomic E-state index is 13.4. The Labute approximate surface area is 885 Å². The summed E-state index contributed by atoms with van der Waals surface area (Å²) >= 11 is 0. The van der Waals surface area contributed by atoms with E-state index >= 15 is 0 Å². The summed E-state index contributed by atoms with van der Waals surface area (Å²) in [6, 6.07) is 63.2.